The van der Waals surface area contributed by atoms with E-state index in [0.29, 0.717) is 22.5 Å². The van der Waals surface area contributed by atoms with Gasteiger partial charge < -0.3 is 9.32 Å². The van der Waals surface area contributed by atoms with Gasteiger partial charge in [-0.15, -0.1) is 0 Å². The maximum Gasteiger partial charge on any atom is 0.232 e. The number of fused-ring (bicyclic) bond motifs is 1. The molecule has 1 aliphatic heterocycles. The van der Waals surface area contributed by atoms with Crippen LogP contribution in [-0.2, 0) is 0 Å². The monoisotopic (exact) mass is 422 g/mol. The topological polar surface area (TPSA) is 55.1 Å². The molecule has 0 bridgehead atoms. The quantitative estimate of drug-likeness (QED) is 0.380. The average molecular weight is 423 g/mol. The largest absolute Gasteiger partial charge is 0.437 e. The van der Waals surface area contributed by atoms with Crippen LogP contribution in [0.5, 0.6) is 0 Å². The highest BCUT2D eigenvalue weighted by Gasteiger charge is 2.26. The number of halogens is 2. The Bertz CT molecular complexity index is 1180. The third kappa shape index (κ3) is 3.41. The van der Waals surface area contributed by atoms with Gasteiger partial charge in [-0.25, -0.2) is 19.3 Å². The van der Waals surface area contributed by atoms with Crippen molar-refractivity contribution in [1.29, 1.82) is 0 Å². The van der Waals surface area contributed by atoms with E-state index in [1.165, 1.54) is 18.5 Å². The van der Waals surface area contributed by atoms with Gasteiger partial charge in [0.1, 0.15) is 28.9 Å². The van der Waals surface area contributed by atoms with E-state index in [-0.39, 0.29) is 5.82 Å². The van der Waals surface area contributed by atoms with Crippen molar-refractivity contribution in [3.05, 3.63) is 59.9 Å². The van der Waals surface area contributed by atoms with E-state index >= 15 is 0 Å². The molecule has 0 atom stereocenters. The van der Waals surface area contributed by atoms with Gasteiger partial charge in [0.25, 0.3) is 0 Å². The van der Waals surface area contributed by atoms with Gasteiger partial charge in [0.2, 0.25) is 5.71 Å². The van der Waals surface area contributed by atoms with Gasteiger partial charge in [-0.3, -0.25) is 0 Å². The number of hydrogen-bond acceptors (Lipinski definition) is 5. The Morgan fingerprint density at radius 2 is 1.73 bits per heavy atom. The first kappa shape index (κ1) is 19.0. The van der Waals surface area contributed by atoms with Crippen molar-refractivity contribution in [1.82, 2.24) is 15.0 Å². The number of nitrogens with zero attached hydrogens (tertiary/aromatic N) is 4. The molecule has 3 aromatic heterocycles. The highest BCUT2D eigenvalue weighted by atomic mass is 35.5. The summed E-state index contributed by atoms with van der Waals surface area (Å²) in [4.78, 5) is 15.5. The molecule has 0 saturated carbocycles. The first-order valence-electron chi connectivity index (χ1n) is 10.0. The number of hydrogen-bond donors (Lipinski definition) is 0. The number of aromatic nitrogens is 3. The van der Waals surface area contributed by atoms with Crippen LogP contribution in [0.4, 0.5) is 10.2 Å². The summed E-state index contributed by atoms with van der Waals surface area (Å²) in [5, 5.41) is 1.24. The lowest BCUT2D eigenvalue weighted by Crippen LogP contribution is -2.33. The zero-order valence-electron chi connectivity index (χ0n) is 16.5. The van der Waals surface area contributed by atoms with E-state index in [9.17, 15) is 4.39 Å². The average Bonchev–Trinajstić information content (AvgIpc) is 3.15. The third-order valence-electron chi connectivity index (χ3n) is 5.67. The fourth-order valence-electron chi connectivity index (χ4n) is 3.98. The van der Waals surface area contributed by atoms with Crippen LogP contribution >= 0.6 is 11.6 Å². The minimum Gasteiger partial charge on any atom is -0.437 e. The Balaban J connectivity index is 1.75. The molecule has 1 aromatic carbocycles. The SMILES string of the molecule is CC1CCN(c2ncnc3oc(-c4ccc(Cl)nc4)c(-c4ccc(F)cc4)c23)CC1. The second-order valence-electron chi connectivity index (χ2n) is 7.73. The van der Waals surface area contributed by atoms with Crippen LogP contribution in [0.15, 0.2) is 53.3 Å². The van der Waals surface area contributed by atoms with Crippen molar-refractivity contribution in [3.8, 4) is 22.5 Å². The van der Waals surface area contributed by atoms with E-state index in [1.807, 2.05) is 6.07 Å². The van der Waals surface area contributed by atoms with Crippen molar-refractivity contribution < 1.29 is 8.81 Å². The molecule has 4 aromatic rings. The Kier molecular flexibility index (Phi) is 4.87. The van der Waals surface area contributed by atoms with E-state index < -0.39 is 0 Å². The molecule has 5 nitrogen and oxygen atoms in total. The number of benzene rings is 1. The fourth-order valence-corrected chi connectivity index (χ4v) is 4.10. The molecule has 0 spiro atoms. The van der Waals surface area contributed by atoms with Gasteiger partial charge in [-0.2, -0.15) is 0 Å². The molecular weight excluding hydrogens is 403 g/mol. The molecule has 152 valence electrons. The summed E-state index contributed by atoms with van der Waals surface area (Å²) in [7, 11) is 0. The zero-order valence-corrected chi connectivity index (χ0v) is 17.2. The van der Waals surface area contributed by atoms with Gasteiger partial charge in [0, 0.05) is 30.4 Å². The standard InChI is InChI=1S/C23H20ClFN4O/c1-14-8-10-29(11-9-14)22-20-19(15-2-5-17(25)6-3-15)21(30-23(20)28-13-27-22)16-4-7-18(24)26-12-16/h2-7,12-14H,8-11H2,1H3. The summed E-state index contributed by atoms with van der Waals surface area (Å²) in [5.74, 6) is 1.88. The van der Waals surface area contributed by atoms with Crippen molar-refractivity contribution in [2.24, 2.45) is 5.92 Å². The van der Waals surface area contributed by atoms with Crippen molar-refractivity contribution in [2.45, 2.75) is 19.8 Å². The molecule has 1 aliphatic rings. The van der Waals surface area contributed by atoms with Crippen LogP contribution < -0.4 is 4.90 Å². The van der Waals surface area contributed by atoms with Crippen molar-refractivity contribution >= 4 is 28.5 Å². The molecular formula is C23H20ClFN4O. The first-order chi connectivity index (χ1) is 14.6. The maximum atomic E-state index is 13.6. The van der Waals surface area contributed by atoms with Crippen LogP contribution in [0.25, 0.3) is 33.6 Å². The molecule has 0 amide bonds. The van der Waals surface area contributed by atoms with Gasteiger partial charge in [-0.1, -0.05) is 30.7 Å². The minimum atomic E-state index is -0.289. The van der Waals surface area contributed by atoms with Gasteiger partial charge in [0.05, 0.1) is 5.39 Å². The fraction of sp³-hybridized carbons (Fsp3) is 0.261. The lowest BCUT2D eigenvalue weighted by atomic mass is 9.97. The number of rotatable bonds is 3. The molecule has 30 heavy (non-hydrogen) atoms. The van der Waals surface area contributed by atoms with Crippen LogP contribution in [-0.4, -0.2) is 28.0 Å². The number of anilines is 1. The summed E-state index contributed by atoms with van der Waals surface area (Å²) in [6, 6.07) is 9.98. The Hall–Kier alpha value is -2.99. The lowest BCUT2D eigenvalue weighted by molar-refractivity contribution is 0.437. The zero-order chi connectivity index (χ0) is 20.7. The predicted molar refractivity (Wildman–Crippen MR) is 116 cm³/mol. The maximum absolute atomic E-state index is 13.6. The molecule has 4 heterocycles. The summed E-state index contributed by atoms with van der Waals surface area (Å²) in [6.45, 7) is 4.14. The van der Waals surface area contributed by atoms with Crippen molar-refractivity contribution in [2.75, 3.05) is 18.0 Å². The van der Waals surface area contributed by atoms with Crippen LogP contribution in [0.2, 0.25) is 5.15 Å². The number of pyridine rings is 1. The molecule has 0 N–H and O–H groups in total. The number of furan rings is 1. The third-order valence-corrected chi connectivity index (χ3v) is 5.90. The summed E-state index contributed by atoms with van der Waals surface area (Å²) in [5.41, 5.74) is 2.95. The molecule has 7 heteroatoms. The summed E-state index contributed by atoms with van der Waals surface area (Å²) < 4.78 is 19.8. The van der Waals surface area contributed by atoms with E-state index in [1.54, 1.807) is 24.4 Å². The van der Waals surface area contributed by atoms with Crippen LogP contribution in [0, 0.1) is 11.7 Å². The van der Waals surface area contributed by atoms with Crippen molar-refractivity contribution in [3.63, 3.8) is 0 Å². The second kappa shape index (κ2) is 7.69. The highest BCUT2D eigenvalue weighted by molar-refractivity contribution is 6.29. The molecule has 1 fully saturated rings. The number of piperidine rings is 1. The van der Waals surface area contributed by atoms with Gasteiger partial charge >= 0.3 is 0 Å². The second-order valence-corrected chi connectivity index (χ2v) is 8.12. The van der Waals surface area contributed by atoms with E-state index in [0.717, 1.165) is 53.8 Å². The Morgan fingerprint density at radius 1 is 1.00 bits per heavy atom. The minimum absolute atomic E-state index is 0.289. The Morgan fingerprint density at radius 3 is 2.43 bits per heavy atom. The molecule has 0 aliphatic carbocycles. The van der Waals surface area contributed by atoms with E-state index in [4.69, 9.17) is 16.0 Å². The van der Waals surface area contributed by atoms with Crippen LogP contribution in [0.1, 0.15) is 19.8 Å². The van der Waals surface area contributed by atoms with Gasteiger partial charge in [0.15, 0.2) is 0 Å². The van der Waals surface area contributed by atoms with Crippen LogP contribution in [0.3, 0.4) is 0 Å². The van der Waals surface area contributed by atoms with Gasteiger partial charge in [-0.05, 0) is 48.6 Å². The smallest absolute Gasteiger partial charge is 0.232 e. The Labute approximate surface area is 178 Å². The predicted octanol–water partition coefficient (Wildman–Crippen LogP) is 5.98. The first-order valence-corrected chi connectivity index (χ1v) is 10.4. The molecule has 0 radical (unpaired) electrons. The molecule has 0 unspecified atom stereocenters. The molecule has 1 saturated heterocycles. The summed E-state index contributed by atoms with van der Waals surface area (Å²) in [6.07, 6.45) is 5.44. The van der Waals surface area contributed by atoms with E-state index in [2.05, 4.69) is 26.8 Å². The molecule has 5 rings (SSSR count). The lowest BCUT2D eigenvalue weighted by Gasteiger charge is -2.31. The normalized spacial score (nSPS) is 15.1. The summed E-state index contributed by atoms with van der Waals surface area (Å²) >= 11 is 5.98. The highest BCUT2D eigenvalue weighted by Crippen LogP contribution is 2.43.